The number of nitrogens with zero attached hydrogens (tertiary/aromatic N) is 3. The number of anilines is 1. The Balaban J connectivity index is 2.21. The number of carboxylic acid groups (broad SMARTS) is 1. The SMILES string of the molecule is CC1(C(=O)O)CCN(c2cccc(C#N)n2)C1. The van der Waals surface area contributed by atoms with E-state index in [2.05, 4.69) is 4.98 Å². The summed E-state index contributed by atoms with van der Waals surface area (Å²) in [6, 6.07) is 7.18. The Kier molecular flexibility index (Phi) is 2.72. The predicted octanol–water partition coefficient (Wildman–Crippen LogP) is 1.25. The molecule has 5 heteroatoms. The second-order valence-corrected chi connectivity index (χ2v) is 4.53. The molecular weight excluding hydrogens is 218 g/mol. The summed E-state index contributed by atoms with van der Waals surface area (Å²) >= 11 is 0. The van der Waals surface area contributed by atoms with Gasteiger partial charge in [-0.1, -0.05) is 6.07 Å². The van der Waals surface area contributed by atoms with Crippen LogP contribution in [0.2, 0.25) is 0 Å². The van der Waals surface area contributed by atoms with Gasteiger partial charge in [0.15, 0.2) is 0 Å². The number of nitriles is 1. The summed E-state index contributed by atoms with van der Waals surface area (Å²) < 4.78 is 0. The Morgan fingerprint density at radius 1 is 1.65 bits per heavy atom. The largest absolute Gasteiger partial charge is 0.481 e. The van der Waals surface area contributed by atoms with Crippen LogP contribution in [-0.2, 0) is 4.79 Å². The average Bonchev–Trinajstić information content (AvgIpc) is 2.74. The number of aromatic nitrogens is 1. The van der Waals surface area contributed by atoms with E-state index >= 15 is 0 Å². The molecule has 1 aromatic rings. The van der Waals surface area contributed by atoms with Crippen LogP contribution in [0.25, 0.3) is 0 Å². The van der Waals surface area contributed by atoms with Gasteiger partial charge in [0.05, 0.1) is 5.41 Å². The summed E-state index contributed by atoms with van der Waals surface area (Å²) in [7, 11) is 0. The van der Waals surface area contributed by atoms with Gasteiger partial charge in [-0.25, -0.2) is 4.98 Å². The van der Waals surface area contributed by atoms with Crippen molar-refractivity contribution in [2.45, 2.75) is 13.3 Å². The highest BCUT2D eigenvalue weighted by Crippen LogP contribution is 2.32. The molecule has 0 aromatic carbocycles. The molecule has 0 spiro atoms. The Morgan fingerprint density at radius 3 is 3.00 bits per heavy atom. The lowest BCUT2D eigenvalue weighted by Gasteiger charge is -2.20. The number of rotatable bonds is 2. The van der Waals surface area contributed by atoms with E-state index in [0.29, 0.717) is 31.0 Å². The van der Waals surface area contributed by atoms with Crippen LogP contribution >= 0.6 is 0 Å². The normalized spacial score (nSPS) is 23.4. The summed E-state index contributed by atoms with van der Waals surface area (Å²) in [5.41, 5.74) is -0.365. The van der Waals surface area contributed by atoms with Gasteiger partial charge in [0.1, 0.15) is 17.6 Å². The topological polar surface area (TPSA) is 77.2 Å². The molecule has 0 radical (unpaired) electrons. The van der Waals surface area contributed by atoms with E-state index in [9.17, 15) is 4.79 Å². The molecule has 2 rings (SSSR count). The van der Waals surface area contributed by atoms with Crippen LogP contribution in [0.1, 0.15) is 19.0 Å². The van der Waals surface area contributed by atoms with Crippen molar-refractivity contribution in [3.8, 4) is 6.07 Å². The van der Waals surface area contributed by atoms with Crippen molar-refractivity contribution in [2.24, 2.45) is 5.41 Å². The fourth-order valence-corrected chi connectivity index (χ4v) is 1.99. The standard InChI is InChI=1S/C12H13N3O2/c1-12(11(16)17)5-6-15(8-12)10-4-2-3-9(7-13)14-10/h2-4H,5-6,8H2,1H3,(H,16,17). The molecule has 1 aliphatic rings. The van der Waals surface area contributed by atoms with Gasteiger partial charge in [-0.15, -0.1) is 0 Å². The molecule has 5 nitrogen and oxygen atoms in total. The van der Waals surface area contributed by atoms with E-state index in [-0.39, 0.29) is 0 Å². The van der Waals surface area contributed by atoms with Gasteiger partial charge < -0.3 is 10.0 Å². The minimum Gasteiger partial charge on any atom is -0.481 e. The third-order valence-electron chi connectivity index (χ3n) is 3.16. The third kappa shape index (κ3) is 2.07. The Morgan fingerprint density at radius 2 is 2.41 bits per heavy atom. The molecule has 1 fully saturated rings. The van der Waals surface area contributed by atoms with Gasteiger partial charge in [0, 0.05) is 13.1 Å². The first kappa shape index (κ1) is 11.4. The highest BCUT2D eigenvalue weighted by Gasteiger charge is 2.40. The van der Waals surface area contributed by atoms with Gasteiger partial charge in [-0.2, -0.15) is 5.26 Å². The van der Waals surface area contributed by atoms with Crippen molar-refractivity contribution in [1.29, 1.82) is 5.26 Å². The quantitative estimate of drug-likeness (QED) is 0.829. The molecule has 0 saturated carbocycles. The van der Waals surface area contributed by atoms with Crippen molar-refractivity contribution in [2.75, 3.05) is 18.0 Å². The Labute approximate surface area is 99.3 Å². The molecule has 1 N–H and O–H groups in total. The zero-order valence-corrected chi connectivity index (χ0v) is 9.55. The monoisotopic (exact) mass is 231 g/mol. The van der Waals surface area contributed by atoms with Crippen LogP contribution in [-0.4, -0.2) is 29.1 Å². The van der Waals surface area contributed by atoms with E-state index in [0.717, 1.165) is 0 Å². The summed E-state index contributed by atoms with van der Waals surface area (Å²) in [5, 5.41) is 17.9. The fraction of sp³-hybridized carbons (Fsp3) is 0.417. The lowest BCUT2D eigenvalue weighted by Crippen LogP contribution is -2.32. The van der Waals surface area contributed by atoms with E-state index in [4.69, 9.17) is 10.4 Å². The molecular formula is C12H13N3O2. The third-order valence-corrected chi connectivity index (χ3v) is 3.16. The highest BCUT2D eigenvalue weighted by molar-refractivity contribution is 5.76. The van der Waals surface area contributed by atoms with Crippen LogP contribution in [0.5, 0.6) is 0 Å². The molecule has 0 amide bonds. The molecule has 1 saturated heterocycles. The van der Waals surface area contributed by atoms with Gasteiger partial charge in [0.25, 0.3) is 0 Å². The maximum absolute atomic E-state index is 11.1. The predicted molar refractivity (Wildman–Crippen MR) is 61.5 cm³/mol. The van der Waals surface area contributed by atoms with Crippen molar-refractivity contribution in [3.05, 3.63) is 23.9 Å². The zero-order valence-electron chi connectivity index (χ0n) is 9.55. The maximum atomic E-state index is 11.1. The Bertz CT molecular complexity index is 495. The molecule has 88 valence electrons. The number of aliphatic carboxylic acids is 1. The minimum absolute atomic E-state index is 0.353. The molecule has 17 heavy (non-hydrogen) atoms. The van der Waals surface area contributed by atoms with E-state index in [1.54, 1.807) is 25.1 Å². The number of hydrogen-bond acceptors (Lipinski definition) is 4. The van der Waals surface area contributed by atoms with Crippen molar-refractivity contribution < 1.29 is 9.90 Å². The minimum atomic E-state index is -0.781. The van der Waals surface area contributed by atoms with Crippen LogP contribution in [0.4, 0.5) is 5.82 Å². The van der Waals surface area contributed by atoms with Crippen LogP contribution in [0.15, 0.2) is 18.2 Å². The molecule has 2 heterocycles. The van der Waals surface area contributed by atoms with Gasteiger partial charge in [-0.05, 0) is 25.5 Å². The first-order valence-corrected chi connectivity index (χ1v) is 5.41. The van der Waals surface area contributed by atoms with Crippen molar-refractivity contribution >= 4 is 11.8 Å². The Hall–Kier alpha value is -2.09. The molecule has 0 aliphatic carbocycles. The second-order valence-electron chi connectivity index (χ2n) is 4.53. The first-order chi connectivity index (χ1) is 8.05. The molecule has 1 aliphatic heterocycles. The van der Waals surface area contributed by atoms with Crippen molar-refractivity contribution in [3.63, 3.8) is 0 Å². The summed E-state index contributed by atoms with van der Waals surface area (Å²) in [5.74, 6) is -0.106. The van der Waals surface area contributed by atoms with Gasteiger partial charge >= 0.3 is 5.97 Å². The average molecular weight is 231 g/mol. The van der Waals surface area contributed by atoms with E-state index in [1.807, 2.05) is 11.0 Å². The van der Waals surface area contributed by atoms with Crippen LogP contribution < -0.4 is 4.90 Å². The summed E-state index contributed by atoms with van der Waals surface area (Å²) in [6.45, 7) is 2.83. The van der Waals surface area contributed by atoms with E-state index < -0.39 is 11.4 Å². The molecule has 1 atom stereocenters. The maximum Gasteiger partial charge on any atom is 0.311 e. The van der Waals surface area contributed by atoms with Gasteiger partial charge in [-0.3, -0.25) is 4.79 Å². The lowest BCUT2D eigenvalue weighted by molar-refractivity contribution is -0.146. The van der Waals surface area contributed by atoms with Crippen molar-refractivity contribution in [1.82, 2.24) is 4.98 Å². The second kappa shape index (κ2) is 4.06. The number of carboxylic acids is 1. The lowest BCUT2D eigenvalue weighted by atomic mass is 9.90. The number of hydrogen-bond donors (Lipinski definition) is 1. The summed E-state index contributed by atoms with van der Waals surface area (Å²) in [6.07, 6.45) is 0.598. The number of carbonyl (C=O) groups is 1. The fourth-order valence-electron chi connectivity index (χ4n) is 1.99. The summed E-state index contributed by atoms with van der Waals surface area (Å²) in [4.78, 5) is 17.2. The molecule has 1 unspecified atom stereocenters. The van der Waals surface area contributed by atoms with E-state index in [1.165, 1.54) is 0 Å². The smallest absolute Gasteiger partial charge is 0.311 e. The van der Waals surface area contributed by atoms with Crippen LogP contribution in [0, 0.1) is 16.7 Å². The molecule has 1 aromatic heterocycles. The van der Waals surface area contributed by atoms with Crippen LogP contribution in [0.3, 0.4) is 0 Å². The first-order valence-electron chi connectivity index (χ1n) is 5.41. The highest BCUT2D eigenvalue weighted by atomic mass is 16.4. The van der Waals surface area contributed by atoms with Gasteiger partial charge in [0.2, 0.25) is 0 Å². The zero-order chi connectivity index (χ0) is 12.5. The molecule has 0 bridgehead atoms. The number of pyridine rings is 1.